The second-order valence-corrected chi connectivity index (χ2v) is 4.07. The molecule has 0 amide bonds. The van der Waals surface area contributed by atoms with E-state index in [1.54, 1.807) is 7.11 Å². The molecule has 2 aromatic carbocycles. The van der Waals surface area contributed by atoms with Gasteiger partial charge in [-0.2, -0.15) is 0 Å². The van der Waals surface area contributed by atoms with Crippen LogP contribution in [0.4, 0.5) is 0 Å². The fourth-order valence-electron chi connectivity index (χ4n) is 1.81. The van der Waals surface area contributed by atoms with E-state index < -0.39 is 0 Å². The van der Waals surface area contributed by atoms with Crippen LogP contribution >= 0.6 is 0 Å². The van der Waals surface area contributed by atoms with Crippen LogP contribution in [0.1, 0.15) is 5.56 Å². The molecule has 0 unspecified atom stereocenters. The van der Waals surface area contributed by atoms with Crippen molar-refractivity contribution in [3.8, 4) is 0 Å². The van der Waals surface area contributed by atoms with Gasteiger partial charge in [-0.3, -0.25) is 4.79 Å². The van der Waals surface area contributed by atoms with Gasteiger partial charge in [0, 0.05) is 7.11 Å². The number of hydrogen-bond acceptors (Lipinski definition) is 3. The maximum atomic E-state index is 11.5. The number of hydrogen-bond donors (Lipinski definition) is 0. The second-order valence-electron chi connectivity index (χ2n) is 4.07. The highest BCUT2D eigenvalue weighted by molar-refractivity contribution is 5.84. The zero-order chi connectivity index (χ0) is 12.8. The molecular weight excluding hydrogens is 228 g/mol. The van der Waals surface area contributed by atoms with Gasteiger partial charge in [0.1, 0.15) is 6.61 Å². The van der Waals surface area contributed by atoms with E-state index in [0.717, 1.165) is 10.9 Å². The van der Waals surface area contributed by atoms with Crippen molar-refractivity contribution in [2.45, 2.75) is 6.42 Å². The topological polar surface area (TPSA) is 35.5 Å². The first-order valence-corrected chi connectivity index (χ1v) is 5.92. The fraction of sp³-hybridized carbons (Fsp3) is 0.267. The molecule has 0 aliphatic heterocycles. The first-order valence-electron chi connectivity index (χ1n) is 5.92. The summed E-state index contributed by atoms with van der Waals surface area (Å²) in [6.07, 6.45) is 0.300. The van der Waals surface area contributed by atoms with Crippen molar-refractivity contribution in [2.24, 2.45) is 0 Å². The predicted octanol–water partition coefficient (Wildman–Crippen LogP) is 2.57. The number of ether oxygens (including phenoxy) is 2. The fourth-order valence-corrected chi connectivity index (χ4v) is 1.81. The zero-order valence-corrected chi connectivity index (χ0v) is 10.4. The summed E-state index contributed by atoms with van der Waals surface area (Å²) >= 11 is 0. The van der Waals surface area contributed by atoms with Gasteiger partial charge < -0.3 is 9.47 Å². The van der Waals surface area contributed by atoms with Gasteiger partial charge >= 0.3 is 5.97 Å². The quantitative estimate of drug-likeness (QED) is 0.599. The highest BCUT2D eigenvalue weighted by Crippen LogP contribution is 2.16. The Labute approximate surface area is 106 Å². The van der Waals surface area contributed by atoms with Gasteiger partial charge in [0.2, 0.25) is 0 Å². The second kappa shape index (κ2) is 6.17. The van der Waals surface area contributed by atoms with Crippen molar-refractivity contribution in [3.05, 3.63) is 48.0 Å². The molecule has 0 saturated carbocycles. The first kappa shape index (κ1) is 12.6. The van der Waals surface area contributed by atoms with Gasteiger partial charge in [-0.05, 0) is 16.3 Å². The molecule has 0 bridgehead atoms. The van der Waals surface area contributed by atoms with E-state index in [9.17, 15) is 4.79 Å². The molecule has 0 heterocycles. The normalized spacial score (nSPS) is 10.5. The van der Waals surface area contributed by atoms with Crippen LogP contribution in [0.15, 0.2) is 42.5 Å². The third-order valence-electron chi connectivity index (χ3n) is 2.71. The summed E-state index contributed by atoms with van der Waals surface area (Å²) in [5.74, 6) is -0.220. The van der Waals surface area contributed by atoms with E-state index in [4.69, 9.17) is 9.47 Å². The van der Waals surface area contributed by atoms with E-state index in [1.165, 1.54) is 5.39 Å². The molecule has 18 heavy (non-hydrogen) atoms. The van der Waals surface area contributed by atoms with Crippen LogP contribution in [0.25, 0.3) is 10.8 Å². The van der Waals surface area contributed by atoms with Crippen LogP contribution in [0, 0.1) is 0 Å². The summed E-state index contributed by atoms with van der Waals surface area (Å²) in [7, 11) is 1.58. The monoisotopic (exact) mass is 244 g/mol. The smallest absolute Gasteiger partial charge is 0.310 e. The molecule has 94 valence electrons. The first-order chi connectivity index (χ1) is 8.79. The summed E-state index contributed by atoms with van der Waals surface area (Å²) in [5, 5.41) is 2.31. The molecule has 0 aliphatic carbocycles. The molecule has 3 nitrogen and oxygen atoms in total. The van der Waals surface area contributed by atoms with Crippen LogP contribution in [0.2, 0.25) is 0 Å². The lowest BCUT2D eigenvalue weighted by Gasteiger charge is -2.05. The van der Waals surface area contributed by atoms with E-state index in [0.29, 0.717) is 19.6 Å². The average Bonchev–Trinajstić information content (AvgIpc) is 2.39. The Bertz CT molecular complexity index is 534. The summed E-state index contributed by atoms with van der Waals surface area (Å²) < 4.78 is 9.86. The summed E-state index contributed by atoms with van der Waals surface area (Å²) in [6, 6.07) is 14.1. The molecule has 0 aromatic heterocycles. The minimum absolute atomic E-state index is 0.220. The number of esters is 1. The van der Waals surface area contributed by atoms with Crippen molar-refractivity contribution in [3.63, 3.8) is 0 Å². The van der Waals surface area contributed by atoms with Crippen LogP contribution in [-0.4, -0.2) is 26.3 Å². The van der Waals surface area contributed by atoms with Crippen molar-refractivity contribution < 1.29 is 14.3 Å². The summed E-state index contributed by atoms with van der Waals surface area (Å²) in [5.41, 5.74) is 0.969. The Morgan fingerprint density at radius 3 is 2.61 bits per heavy atom. The summed E-state index contributed by atoms with van der Waals surface area (Å²) in [4.78, 5) is 11.5. The molecule has 0 saturated heterocycles. The SMILES string of the molecule is COCCOC(=O)Cc1ccc2ccccc2c1. The van der Waals surface area contributed by atoms with E-state index >= 15 is 0 Å². The summed E-state index contributed by atoms with van der Waals surface area (Å²) in [6.45, 7) is 0.742. The standard InChI is InChI=1S/C15H16O3/c1-17-8-9-18-15(16)11-12-6-7-13-4-2-3-5-14(13)10-12/h2-7,10H,8-9,11H2,1H3. The van der Waals surface area contributed by atoms with Gasteiger partial charge in [0.05, 0.1) is 13.0 Å². The van der Waals surface area contributed by atoms with Crippen LogP contribution in [0.3, 0.4) is 0 Å². The molecular formula is C15H16O3. The lowest BCUT2D eigenvalue weighted by Crippen LogP contribution is -2.11. The highest BCUT2D eigenvalue weighted by atomic mass is 16.6. The van der Waals surface area contributed by atoms with Crippen molar-refractivity contribution in [1.29, 1.82) is 0 Å². The molecule has 2 aromatic rings. The molecule has 3 heteroatoms. The van der Waals surface area contributed by atoms with Gasteiger partial charge in [-0.15, -0.1) is 0 Å². The number of carbonyl (C=O) groups excluding carboxylic acids is 1. The minimum atomic E-state index is -0.220. The number of benzene rings is 2. The van der Waals surface area contributed by atoms with Gasteiger partial charge in [-0.25, -0.2) is 0 Å². The lowest BCUT2D eigenvalue weighted by molar-refractivity contribution is -0.144. The van der Waals surface area contributed by atoms with Crippen molar-refractivity contribution >= 4 is 16.7 Å². The lowest BCUT2D eigenvalue weighted by atomic mass is 10.1. The molecule has 0 fully saturated rings. The molecule has 0 atom stereocenters. The number of fused-ring (bicyclic) bond motifs is 1. The van der Waals surface area contributed by atoms with Crippen LogP contribution < -0.4 is 0 Å². The van der Waals surface area contributed by atoms with Crippen LogP contribution in [-0.2, 0) is 20.7 Å². The number of carbonyl (C=O) groups is 1. The highest BCUT2D eigenvalue weighted by Gasteiger charge is 2.05. The molecule has 0 aliphatic rings. The maximum absolute atomic E-state index is 11.5. The zero-order valence-electron chi connectivity index (χ0n) is 10.4. The Balaban J connectivity index is 2.01. The van der Waals surface area contributed by atoms with Crippen LogP contribution in [0.5, 0.6) is 0 Å². The Morgan fingerprint density at radius 1 is 1.06 bits per heavy atom. The predicted molar refractivity (Wildman–Crippen MR) is 70.5 cm³/mol. The Kier molecular flexibility index (Phi) is 4.31. The number of rotatable bonds is 5. The van der Waals surface area contributed by atoms with E-state index in [1.807, 2.05) is 36.4 Å². The molecule has 0 radical (unpaired) electrons. The van der Waals surface area contributed by atoms with Gasteiger partial charge in [-0.1, -0.05) is 42.5 Å². The third-order valence-corrected chi connectivity index (χ3v) is 2.71. The van der Waals surface area contributed by atoms with E-state index in [2.05, 4.69) is 6.07 Å². The number of methoxy groups -OCH3 is 1. The minimum Gasteiger partial charge on any atom is -0.463 e. The van der Waals surface area contributed by atoms with Crippen molar-refractivity contribution in [2.75, 3.05) is 20.3 Å². The third kappa shape index (κ3) is 3.31. The Hall–Kier alpha value is -1.87. The van der Waals surface area contributed by atoms with Gasteiger partial charge in [0.15, 0.2) is 0 Å². The Morgan fingerprint density at radius 2 is 1.83 bits per heavy atom. The molecule has 2 rings (SSSR count). The van der Waals surface area contributed by atoms with E-state index in [-0.39, 0.29) is 5.97 Å². The maximum Gasteiger partial charge on any atom is 0.310 e. The largest absolute Gasteiger partial charge is 0.463 e. The molecule has 0 N–H and O–H groups in total. The van der Waals surface area contributed by atoms with Gasteiger partial charge in [0.25, 0.3) is 0 Å². The average molecular weight is 244 g/mol. The van der Waals surface area contributed by atoms with Crippen molar-refractivity contribution in [1.82, 2.24) is 0 Å². The molecule has 0 spiro atoms.